The van der Waals surface area contributed by atoms with Gasteiger partial charge in [0, 0.05) is 11.0 Å². The number of halogens is 3. The molecular weight excluding hydrogens is 275 g/mol. The molecule has 0 saturated heterocycles. The first kappa shape index (κ1) is 15.6. The van der Waals surface area contributed by atoms with Crippen LogP contribution >= 0.6 is 12.2 Å². The van der Waals surface area contributed by atoms with Gasteiger partial charge in [0.05, 0.1) is 5.56 Å². The summed E-state index contributed by atoms with van der Waals surface area (Å²) in [7, 11) is 0. The second-order valence-electron chi connectivity index (χ2n) is 5.08. The van der Waals surface area contributed by atoms with Gasteiger partial charge in [-0.15, -0.1) is 0 Å². The average Bonchev–Trinajstić information content (AvgIpc) is 2.26. The highest BCUT2D eigenvalue weighted by Gasteiger charge is 2.34. The highest BCUT2D eigenvalue weighted by Crippen LogP contribution is 2.32. The number of thiocarbonyl (C=S) groups is 1. The van der Waals surface area contributed by atoms with E-state index in [2.05, 4.69) is 5.32 Å². The zero-order valence-electron chi connectivity index (χ0n) is 10.8. The van der Waals surface area contributed by atoms with Crippen molar-refractivity contribution in [2.75, 3.05) is 0 Å². The molecular formula is C13H14F3NOS. The van der Waals surface area contributed by atoms with Crippen LogP contribution in [0.4, 0.5) is 13.2 Å². The number of hydrogen-bond donors (Lipinski definition) is 1. The normalized spacial score (nSPS) is 12.1. The number of carbonyl (C=O) groups excluding carboxylic acids is 1. The quantitative estimate of drug-likeness (QED) is 0.801. The van der Waals surface area contributed by atoms with Crippen molar-refractivity contribution in [3.8, 4) is 0 Å². The smallest absolute Gasteiger partial charge is 0.316 e. The zero-order valence-corrected chi connectivity index (χ0v) is 11.6. The Bertz CT molecular complexity index is 503. The van der Waals surface area contributed by atoms with E-state index in [1.54, 1.807) is 20.8 Å². The average molecular weight is 289 g/mol. The van der Waals surface area contributed by atoms with Gasteiger partial charge < -0.3 is 5.32 Å². The second-order valence-corrected chi connectivity index (χ2v) is 5.48. The minimum atomic E-state index is -4.51. The molecule has 0 radical (unpaired) electrons. The van der Waals surface area contributed by atoms with E-state index in [9.17, 15) is 18.0 Å². The Balaban J connectivity index is 3.05. The van der Waals surface area contributed by atoms with Gasteiger partial charge in [0.1, 0.15) is 4.99 Å². The summed E-state index contributed by atoms with van der Waals surface area (Å²) in [5.41, 5.74) is -1.77. The molecule has 1 aromatic carbocycles. The van der Waals surface area contributed by atoms with Gasteiger partial charge in [-0.3, -0.25) is 4.79 Å². The number of nitrogens with one attached hydrogen (secondary N) is 1. The highest BCUT2D eigenvalue weighted by atomic mass is 32.1. The van der Waals surface area contributed by atoms with E-state index in [1.165, 1.54) is 18.2 Å². The summed E-state index contributed by atoms with van der Waals surface area (Å²) in [6.45, 7) is 4.96. The summed E-state index contributed by atoms with van der Waals surface area (Å²) < 4.78 is 38.4. The summed E-state index contributed by atoms with van der Waals surface area (Å²) in [5, 5.41) is 2.34. The molecule has 0 saturated carbocycles. The highest BCUT2D eigenvalue weighted by molar-refractivity contribution is 7.80. The molecule has 19 heavy (non-hydrogen) atoms. The van der Waals surface area contributed by atoms with Crippen LogP contribution in [-0.4, -0.2) is 10.9 Å². The molecule has 0 aliphatic heterocycles. The molecule has 6 heteroatoms. The number of hydrogen-bond acceptors (Lipinski definition) is 2. The molecule has 1 rings (SSSR count). The van der Waals surface area contributed by atoms with Crippen molar-refractivity contribution in [2.24, 2.45) is 5.41 Å². The topological polar surface area (TPSA) is 29.1 Å². The van der Waals surface area contributed by atoms with Gasteiger partial charge in [0.2, 0.25) is 5.91 Å². The number of alkyl halides is 3. The molecule has 1 amide bonds. The van der Waals surface area contributed by atoms with Crippen molar-refractivity contribution in [1.29, 1.82) is 0 Å². The monoisotopic (exact) mass is 289 g/mol. The van der Waals surface area contributed by atoms with E-state index in [4.69, 9.17) is 12.2 Å². The van der Waals surface area contributed by atoms with Gasteiger partial charge in [0.15, 0.2) is 0 Å². The van der Waals surface area contributed by atoms with Crippen LogP contribution in [0, 0.1) is 5.41 Å². The van der Waals surface area contributed by atoms with Crippen LogP contribution in [-0.2, 0) is 11.0 Å². The van der Waals surface area contributed by atoms with Crippen molar-refractivity contribution in [1.82, 2.24) is 5.32 Å². The summed E-state index contributed by atoms with van der Waals surface area (Å²) in [5.74, 6) is -0.422. The minimum Gasteiger partial charge on any atom is -0.316 e. The first-order valence-electron chi connectivity index (χ1n) is 5.55. The number of benzene rings is 1. The third-order valence-electron chi connectivity index (χ3n) is 2.39. The molecule has 0 atom stereocenters. The molecule has 0 aliphatic rings. The lowest BCUT2D eigenvalue weighted by Crippen LogP contribution is -2.39. The number of amides is 1. The van der Waals surface area contributed by atoms with Crippen LogP contribution in [0.5, 0.6) is 0 Å². The molecule has 2 nitrogen and oxygen atoms in total. The van der Waals surface area contributed by atoms with Gasteiger partial charge in [0.25, 0.3) is 0 Å². The maximum absolute atomic E-state index is 12.8. The first-order chi connectivity index (χ1) is 8.53. The Hall–Kier alpha value is -1.43. The van der Waals surface area contributed by atoms with E-state index in [0.717, 1.165) is 6.07 Å². The molecule has 0 fully saturated rings. The molecule has 0 unspecified atom stereocenters. The molecule has 0 bridgehead atoms. The maximum Gasteiger partial charge on any atom is 0.417 e. The summed E-state index contributed by atoms with van der Waals surface area (Å²) in [6.07, 6.45) is -4.51. The summed E-state index contributed by atoms with van der Waals surface area (Å²) >= 11 is 4.89. The molecule has 1 aromatic rings. The fourth-order valence-corrected chi connectivity index (χ4v) is 1.56. The van der Waals surface area contributed by atoms with Crippen molar-refractivity contribution in [3.63, 3.8) is 0 Å². The number of rotatable bonds is 1. The predicted molar refractivity (Wildman–Crippen MR) is 70.7 cm³/mol. The van der Waals surface area contributed by atoms with Crippen LogP contribution in [0.2, 0.25) is 0 Å². The Morgan fingerprint density at radius 1 is 1.16 bits per heavy atom. The van der Waals surface area contributed by atoms with Crippen molar-refractivity contribution < 1.29 is 18.0 Å². The standard InChI is InChI=1S/C13H14F3NOS/c1-12(2,3)11(18)17-10(19)8-6-4-5-7-9(8)13(14,15)16/h4-7H,1-3H3,(H,17,18,19). The third-order valence-corrected chi connectivity index (χ3v) is 2.71. The molecule has 1 N–H and O–H groups in total. The lowest BCUT2D eigenvalue weighted by Gasteiger charge is -2.19. The zero-order chi connectivity index (χ0) is 14.8. The molecule has 104 valence electrons. The van der Waals surface area contributed by atoms with Gasteiger partial charge in [-0.25, -0.2) is 0 Å². The SMILES string of the molecule is CC(C)(C)C(=O)NC(=S)c1ccccc1C(F)(F)F. The van der Waals surface area contributed by atoms with Gasteiger partial charge in [-0.05, 0) is 6.07 Å². The number of carbonyl (C=O) groups is 1. The Labute approximate surface area is 115 Å². The fourth-order valence-electron chi connectivity index (χ4n) is 1.29. The van der Waals surface area contributed by atoms with E-state index < -0.39 is 23.1 Å². The van der Waals surface area contributed by atoms with Crippen LogP contribution in [0.15, 0.2) is 24.3 Å². The molecule has 0 aromatic heterocycles. The lowest BCUT2D eigenvalue weighted by atomic mass is 9.95. The Morgan fingerprint density at radius 3 is 2.16 bits per heavy atom. The first-order valence-corrected chi connectivity index (χ1v) is 5.96. The predicted octanol–water partition coefficient (Wildman–Crippen LogP) is 3.54. The van der Waals surface area contributed by atoms with Crippen LogP contribution in [0.25, 0.3) is 0 Å². The molecule has 0 spiro atoms. The van der Waals surface area contributed by atoms with E-state index in [-0.39, 0.29) is 10.6 Å². The molecule has 0 heterocycles. The lowest BCUT2D eigenvalue weighted by molar-refractivity contribution is -0.137. The van der Waals surface area contributed by atoms with Gasteiger partial charge in [-0.2, -0.15) is 13.2 Å². The molecule has 0 aliphatic carbocycles. The van der Waals surface area contributed by atoms with Crippen LogP contribution in [0.1, 0.15) is 31.9 Å². The fraction of sp³-hybridized carbons (Fsp3) is 0.385. The van der Waals surface area contributed by atoms with E-state index in [0.29, 0.717) is 0 Å². The van der Waals surface area contributed by atoms with Crippen LogP contribution in [0.3, 0.4) is 0 Å². The largest absolute Gasteiger partial charge is 0.417 e. The van der Waals surface area contributed by atoms with E-state index >= 15 is 0 Å². The van der Waals surface area contributed by atoms with Crippen LogP contribution < -0.4 is 5.32 Å². The Kier molecular flexibility index (Phi) is 4.35. The third kappa shape index (κ3) is 4.02. The summed E-state index contributed by atoms with van der Waals surface area (Å²) in [4.78, 5) is 11.5. The van der Waals surface area contributed by atoms with E-state index in [1.807, 2.05) is 0 Å². The summed E-state index contributed by atoms with van der Waals surface area (Å²) in [6, 6.07) is 4.90. The van der Waals surface area contributed by atoms with Gasteiger partial charge >= 0.3 is 6.18 Å². The van der Waals surface area contributed by atoms with Crippen molar-refractivity contribution in [3.05, 3.63) is 35.4 Å². The maximum atomic E-state index is 12.8. The minimum absolute atomic E-state index is 0.192. The van der Waals surface area contributed by atoms with Gasteiger partial charge in [-0.1, -0.05) is 51.2 Å². The Morgan fingerprint density at radius 2 is 1.68 bits per heavy atom. The second kappa shape index (κ2) is 5.28. The van der Waals surface area contributed by atoms with Crippen molar-refractivity contribution in [2.45, 2.75) is 26.9 Å². The van der Waals surface area contributed by atoms with Crippen molar-refractivity contribution >= 4 is 23.1 Å².